The molecule has 3 rings (SSSR count). The lowest BCUT2D eigenvalue weighted by Gasteiger charge is -2.26. The van der Waals surface area contributed by atoms with Crippen LogP contribution in [-0.4, -0.2) is 53.0 Å². The molecule has 0 saturated carbocycles. The van der Waals surface area contributed by atoms with Gasteiger partial charge in [-0.15, -0.1) is 12.4 Å². The Kier molecular flexibility index (Phi) is 7.05. The Morgan fingerprint density at radius 2 is 2.00 bits per heavy atom. The van der Waals surface area contributed by atoms with Crippen molar-refractivity contribution in [1.29, 1.82) is 0 Å². The molecule has 2 amide bonds. The number of anilines is 1. The second-order valence-corrected chi connectivity index (χ2v) is 6.33. The van der Waals surface area contributed by atoms with E-state index in [-0.39, 0.29) is 33.9 Å². The largest absolute Gasteiger partial charge is 0.415 e. The van der Waals surface area contributed by atoms with Gasteiger partial charge in [0.1, 0.15) is 11.9 Å². The second kappa shape index (κ2) is 9.26. The van der Waals surface area contributed by atoms with Gasteiger partial charge in [0, 0.05) is 26.2 Å². The first-order valence-corrected chi connectivity index (χ1v) is 8.54. The van der Waals surface area contributed by atoms with Crippen molar-refractivity contribution in [3.63, 3.8) is 0 Å². The number of nitrogens with zero attached hydrogens (tertiary/aromatic N) is 3. The molecule has 1 fully saturated rings. The van der Waals surface area contributed by atoms with Crippen LogP contribution >= 0.6 is 23.7 Å². The quantitative estimate of drug-likeness (QED) is 0.580. The number of piperazine rings is 1. The van der Waals surface area contributed by atoms with Crippen LogP contribution < -0.4 is 15.4 Å². The number of ether oxygens (including phenoxy) is 1. The van der Waals surface area contributed by atoms with E-state index in [0.29, 0.717) is 26.2 Å². The van der Waals surface area contributed by atoms with Gasteiger partial charge in [0.2, 0.25) is 0 Å². The molecule has 10 nitrogen and oxygen atoms in total. The van der Waals surface area contributed by atoms with E-state index >= 15 is 0 Å². The van der Waals surface area contributed by atoms with E-state index in [1.165, 1.54) is 12.1 Å². The molecule has 2 N–H and O–H groups in total. The lowest BCUT2D eigenvalue weighted by atomic mass is 10.2. The molecule has 12 heteroatoms. The van der Waals surface area contributed by atoms with Gasteiger partial charge < -0.3 is 15.0 Å². The van der Waals surface area contributed by atoms with Crippen molar-refractivity contribution in [2.75, 3.05) is 31.5 Å². The van der Waals surface area contributed by atoms with E-state index in [4.69, 9.17) is 4.74 Å². The molecular weight excluding hydrogens is 398 g/mol. The molecule has 2 heterocycles. The summed E-state index contributed by atoms with van der Waals surface area (Å²) < 4.78 is 5.36. The van der Waals surface area contributed by atoms with Gasteiger partial charge >= 0.3 is 11.1 Å². The van der Waals surface area contributed by atoms with Crippen molar-refractivity contribution in [2.24, 2.45) is 0 Å². The Morgan fingerprint density at radius 3 is 2.67 bits per heavy atom. The summed E-state index contributed by atoms with van der Waals surface area (Å²) in [5.41, 5.74) is 0.133. The number of carbonyl (C=O) groups is 2. The molecule has 0 radical (unpaired) electrons. The normalized spacial score (nSPS) is 13.4. The minimum Gasteiger partial charge on any atom is -0.409 e. The smallest absolute Gasteiger partial charge is 0.409 e. The third-order valence-electron chi connectivity index (χ3n) is 3.60. The highest BCUT2D eigenvalue weighted by atomic mass is 35.5. The lowest BCUT2D eigenvalue weighted by molar-refractivity contribution is -0.380. The van der Waals surface area contributed by atoms with Crippen LogP contribution in [0.25, 0.3) is 0 Å². The molecule has 2 aromatic rings. The molecule has 0 aliphatic carbocycles. The van der Waals surface area contributed by atoms with Crippen molar-refractivity contribution in [3.8, 4) is 5.75 Å². The summed E-state index contributed by atoms with van der Waals surface area (Å²) in [4.78, 5) is 40.1. The van der Waals surface area contributed by atoms with Crippen LogP contribution in [0, 0.1) is 10.1 Å². The monoisotopic (exact) mass is 413 g/mol. The second-order valence-electron chi connectivity index (χ2n) is 5.32. The highest BCUT2D eigenvalue weighted by molar-refractivity contribution is 7.18. The first-order chi connectivity index (χ1) is 12.5. The molecule has 1 aromatic heterocycles. The lowest BCUT2D eigenvalue weighted by Crippen LogP contribution is -2.47. The molecule has 0 unspecified atom stereocenters. The SMILES string of the molecule is Cl.O=C(Nc1ncc([N+](=O)[O-])s1)c1ccccc1OC(=O)N1CCNCC1. The van der Waals surface area contributed by atoms with Crippen LogP contribution in [0.2, 0.25) is 0 Å². The Balaban J connectivity index is 0.00000261. The summed E-state index contributed by atoms with van der Waals surface area (Å²) in [6.07, 6.45) is 0.535. The third-order valence-corrected chi connectivity index (χ3v) is 4.46. The number of rotatable bonds is 4. The van der Waals surface area contributed by atoms with Crippen LogP contribution in [-0.2, 0) is 0 Å². The van der Waals surface area contributed by atoms with E-state index in [9.17, 15) is 19.7 Å². The number of para-hydroxylation sites is 1. The Bertz CT molecular complexity index is 840. The predicted molar refractivity (Wildman–Crippen MR) is 101 cm³/mol. The zero-order valence-corrected chi connectivity index (χ0v) is 15.5. The zero-order valence-electron chi connectivity index (χ0n) is 13.9. The first kappa shape index (κ1) is 20.6. The molecule has 1 aromatic carbocycles. The average molecular weight is 414 g/mol. The number of aromatic nitrogens is 1. The van der Waals surface area contributed by atoms with Gasteiger partial charge in [-0.3, -0.25) is 20.2 Å². The van der Waals surface area contributed by atoms with Gasteiger partial charge in [0.05, 0.1) is 10.5 Å². The fourth-order valence-electron chi connectivity index (χ4n) is 2.32. The van der Waals surface area contributed by atoms with Gasteiger partial charge in [0.25, 0.3) is 5.91 Å². The minimum absolute atomic E-state index is 0. The zero-order chi connectivity index (χ0) is 18.5. The van der Waals surface area contributed by atoms with E-state index in [1.54, 1.807) is 17.0 Å². The summed E-state index contributed by atoms with van der Waals surface area (Å²) in [5, 5.41) is 16.2. The van der Waals surface area contributed by atoms with Crippen LogP contribution in [0.15, 0.2) is 30.5 Å². The number of thiazole rings is 1. The molecule has 144 valence electrons. The maximum atomic E-state index is 12.4. The molecule has 1 aliphatic heterocycles. The van der Waals surface area contributed by atoms with Crippen molar-refractivity contribution in [2.45, 2.75) is 0 Å². The Morgan fingerprint density at radius 1 is 1.30 bits per heavy atom. The number of nitrogens with one attached hydrogen (secondary N) is 2. The maximum absolute atomic E-state index is 12.4. The topological polar surface area (TPSA) is 127 Å². The standard InChI is InChI=1S/C15H15N5O5S.ClH/c21-13(18-14-17-9-12(26-14)20(23)24)10-3-1-2-4-11(10)25-15(22)19-7-5-16-6-8-19;/h1-4,9,16H,5-8H2,(H,17,18,21);1H. The molecule has 0 bridgehead atoms. The number of amides is 2. The first-order valence-electron chi connectivity index (χ1n) is 7.72. The van der Waals surface area contributed by atoms with Crippen LogP contribution in [0.4, 0.5) is 14.9 Å². The van der Waals surface area contributed by atoms with Crippen molar-refractivity contribution in [1.82, 2.24) is 15.2 Å². The highest BCUT2D eigenvalue weighted by Gasteiger charge is 2.22. The molecule has 0 spiro atoms. The summed E-state index contributed by atoms with van der Waals surface area (Å²) >= 11 is 0.741. The highest BCUT2D eigenvalue weighted by Crippen LogP contribution is 2.26. The third kappa shape index (κ3) is 5.12. The number of halogens is 1. The van der Waals surface area contributed by atoms with Crippen LogP contribution in [0.3, 0.4) is 0 Å². The Hall–Kier alpha value is -2.76. The number of hydrogen-bond acceptors (Lipinski definition) is 8. The van der Waals surface area contributed by atoms with E-state index in [2.05, 4.69) is 15.6 Å². The summed E-state index contributed by atoms with van der Waals surface area (Å²) in [5.74, 6) is -0.461. The van der Waals surface area contributed by atoms with E-state index in [1.807, 2.05) is 0 Å². The van der Waals surface area contributed by atoms with Crippen LogP contribution in [0.1, 0.15) is 10.4 Å². The maximum Gasteiger partial charge on any atom is 0.415 e. The van der Waals surface area contributed by atoms with Gasteiger partial charge in [0.15, 0.2) is 5.13 Å². The van der Waals surface area contributed by atoms with Gasteiger partial charge in [-0.2, -0.15) is 0 Å². The average Bonchev–Trinajstić information content (AvgIpc) is 3.11. The number of hydrogen-bond donors (Lipinski definition) is 2. The van der Waals surface area contributed by atoms with Crippen LogP contribution in [0.5, 0.6) is 5.75 Å². The molecule has 27 heavy (non-hydrogen) atoms. The number of carbonyl (C=O) groups excluding carboxylic acids is 2. The fraction of sp³-hybridized carbons (Fsp3) is 0.267. The minimum atomic E-state index is -0.587. The molecule has 1 saturated heterocycles. The van der Waals surface area contributed by atoms with E-state index in [0.717, 1.165) is 17.5 Å². The molecular formula is C15H16ClN5O5S. The van der Waals surface area contributed by atoms with Gasteiger partial charge in [-0.05, 0) is 23.5 Å². The number of nitro groups is 1. The Labute approximate surface area is 164 Å². The molecule has 0 atom stereocenters. The summed E-state index contributed by atoms with van der Waals surface area (Å²) in [6, 6.07) is 6.28. The van der Waals surface area contributed by atoms with Gasteiger partial charge in [-0.1, -0.05) is 12.1 Å². The molecule has 1 aliphatic rings. The fourth-order valence-corrected chi connectivity index (χ4v) is 2.95. The van der Waals surface area contributed by atoms with Crippen molar-refractivity contribution < 1.29 is 19.2 Å². The van der Waals surface area contributed by atoms with Crippen molar-refractivity contribution in [3.05, 3.63) is 46.1 Å². The summed E-state index contributed by atoms with van der Waals surface area (Å²) in [7, 11) is 0. The summed E-state index contributed by atoms with van der Waals surface area (Å²) in [6.45, 7) is 2.41. The number of benzene rings is 1. The van der Waals surface area contributed by atoms with Crippen molar-refractivity contribution >= 4 is 45.9 Å². The van der Waals surface area contributed by atoms with Gasteiger partial charge in [-0.25, -0.2) is 9.78 Å². The van der Waals surface area contributed by atoms with E-state index < -0.39 is 16.9 Å². The predicted octanol–water partition coefficient (Wildman–Crippen LogP) is 2.13.